The molecule has 0 atom stereocenters. The fourth-order valence-electron chi connectivity index (χ4n) is 0.177. The molecule has 0 aromatic heterocycles. The van der Waals surface area contributed by atoms with E-state index in [0.717, 1.165) is 0 Å². The van der Waals surface area contributed by atoms with Crippen LogP contribution >= 0.6 is 0 Å². The average molecular weight is 79.1 g/mol. The smallest absolute Gasteiger partial charge is 0.0279 e. The van der Waals surface area contributed by atoms with Gasteiger partial charge < -0.3 is 0 Å². The van der Waals surface area contributed by atoms with Crippen molar-refractivity contribution < 1.29 is 0 Å². The van der Waals surface area contributed by atoms with Gasteiger partial charge in [-0.25, -0.2) is 0 Å². The van der Waals surface area contributed by atoms with E-state index in [9.17, 15) is 0 Å². The lowest BCUT2D eigenvalue weighted by Crippen LogP contribution is -1.49. The predicted molar refractivity (Wildman–Crippen MR) is 26.6 cm³/mol. The van der Waals surface area contributed by atoms with E-state index in [0.29, 0.717) is 6.42 Å². The molecule has 1 radical (unpaired) electrons. The highest BCUT2D eigenvalue weighted by Crippen LogP contribution is 1.74. The fourth-order valence-corrected chi connectivity index (χ4v) is 0.177. The zero-order valence-electron chi connectivity index (χ0n) is 3.86. The first kappa shape index (κ1) is 5.30. The fraction of sp³-hybridized carbons (Fsp3) is 0.333. The molecule has 0 unspecified atom stereocenters. The average Bonchev–Trinajstić information content (AvgIpc) is 1.61. The molecule has 0 aromatic rings. The van der Waals surface area contributed by atoms with Crippen LogP contribution in [0.2, 0.25) is 0 Å². The minimum absolute atomic E-state index is 0.649. The minimum atomic E-state index is 0.649. The van der Waals surface area contributed by atoms with Crippen LogP contribution in [0.25, 0.3) is 0 Å². The Kier molecular flexibility index (Phi) is 3.80. The van der Waals surface area contributed by atoms with Crippen LogP contribution in [0, 0.1) is 12.3 Å². The molecule has 0 heterocycles. The lowest BCUT2D eigenvalue weighted by atomic mass is 10.4. The second-order valence-electron chi connectivity index (χ2n) is 0.950. The first-order valence-electron chi connectivity index (χ1n) is 1.92. The summed E-state index contributed by atoms with van der Waals surface area (Å²) in [6.07, 6.45) is 10.8. The number of hydrogen-bond acceptors (Lipinski definition) is 0. The standard InChI is InChI=1S/C6H7/c1-3-5-6-4-2/h3,5H,6H2,1H3. The quantitative estimate of drug-likeness (QED) is 0.330. The van der Waals surface area contributed by atoms with Crippen LogP contribution in [0.4, 0.5) is 0 Å². The Balaban J connectivity index is 2.92. The van der Waals surface area contributed by atoms with E-state index in [-0.39, 0.29) is 0 Å². The van der Waals surface area contributed by atoms with Crippen molar-refractivity contribution in [2.75, 3.05) is 0 Å². The van der Waals surface area contributed by atoms with Gasteiger partial charge in [0.05, 0.1) is 0 Å². The van der Waals surface area contributed by atoms with Crippen molar-refractivity contribution in [1.29, 1.82) is 0 Å². The van der Waals surface area contributed by atoms with Gasteiger partial charge in [-0.2, -0.15) is 0 Å². The van der Waals surface area contributed by atoms with Gasteiger partial charge in [-0.1, -0.05) is 18.1 Å². The highest BCUT2D eigenvalue weighted by atomic mass is 13.6. The summed E-state index contributed by atoms with van der Waals surface area (Å²) in [6, 6.07) is 0. The molecule has 0 fully saturated rings. The van der Waals surface area contributed by atoms with Gasteiger partial charge in [0.2, 0.25) is 0 Å². The molecule has 0 saturated carbocycles. The molecule has 0 nitrogen and oxygen atoms in total. The Bertz CT molecular complexity index is 72.5. The Hall–Kier alpha value is -0.700. The summed E-state index contributed by atoms with van der Waals surface area (Å²) in [5.41, 5.74) is 0. The lowest BCUT2D eigenvalue weighted by molar-refractivity contribution is 1.44. The minimum Gasteiger partial charge on any atom is -0.0907 e. The summed E-state index contributed by atoms with van der Waals surface area (Å²) in [6.45, 7) is 1.93. The number of hydrogen-bond donors (Lipinski definition) is 0. The molecule has 0 spiro atoms. The van der Waals surface area contributed by atoms with Gasteiger partial charge in [0.25, 0.3) is 0 Å². The monoisotopic (exact) mass is 79.1 g/mol. The second kappa shape index (κ2) is 4.30. The Morgan fingerprint density at radius 3 is 2.67 bits per heavy atom. The molecular formula is C6H7. The van der Waals surface area contributed by atoms with Crippen molar-refractivity contribution in [2.45, 2.75) is 13.3 Å². The maximum atomic E-state index is 6.40. The number of rotatable bonds is 1. The molecule has 31 valence electrons. The van der Waals surface area contributed by atoms with E-state index in [1.54, 1.807) is 0 Å². The SMILES string of the molecule is [C]#CCC=CC. The third kappa shape index (κ3) is 3.30. The molecule has 0 bridgehead atoms. The van der Waals surface area contributed by atoms with Crippen LogP contribution in [-0.4, -0.2) is 0 Å². The van der Waals surface area contributed by atoms with Gasteiger partial charge >= 0.3 is 0 Å². The normalized spacial score (nSPS) is 8.67. The molecule has 6 heavy (non-hydrogen) atoms. The molecule has 0 rings (SSSR count). The van der Waals surface area contributed by atoms with Gasteiger partial charge in [-0.15, -0.1) is 0 Å². The van der Waals surface area contributed by atoms with Crippen LogP contribution in [0.15, 0.2) is 12.2 Å². The maximum absolute atomic E-state index is 6.40. The molecule has 0 amide bonds. The van der Waals surface area contributed by atoms with E-state index < -0.39 is 0 Å². The third-order valence-corrected chi connectivity index (χ3v) is 0.456. The van der Waals surface area contributed by atoms with E-state index in [1.807, 2.05) is 19.1 Å². The summed E-state index contributed by atoms with van der Waals surface area (Å²) in [5.74, 6) is 2.23. The maximum Gasteiger partial charge on any atom is 0.0279 e. The first-order chi connectivity index (χ1) is 2.91. The van der Waals surface area contributed by atoms with Crippen LogP contribution in [-0.2, 0) is 0 Å². The lowest BCUT2D eigenvalue weighted by Gasteiger charge is -1.66. The van der Waals surface area contributed by atoms with Crippen LogP contribution in [0.3, 0.4) is 0 Å². The zero-order chi connectivity index (χ0) is 4.83. The molecule has 0 aromatic carbocycles. The van der Waals surface area contributed by atoms with Crippen molar-refractivity contribution in [3.05, 3.63) is 18.6 Å². The second-order valence-corrected chi connectivity index (χ2v) is 0.950. The summed E-state index contributed by atoms with van der Waals surface area (Å²) in [5, 5.41) is 0. The topological polar surface area (TPSA) is 0 Å². The molecule has 0 aliphatic carbocycles. The van der Waals surface area contributed by atoms with Gasteiger partial charge in [0, 0.05) is 6.42 Å². The van der Waals surface area contributed by atoms with E-state index in [2.05, 4.69) is 5.92 Å². The van der Waals surface area contributed by atoms with Crippen LogP contribution < -0.4 is 0 Å². The summed E-state index contributed by atoms with van der Waals surface area (Å²) < 4.78 is 0. The number of allylic oxidation sites excluding steroid dienone is 2. The molecule has 0 aliphatic rings. The molecular weight excluding hydrogens is 72.1 g/mol. The van der Waals surface area contributed by atoms with Crippen molar-refractivity contribution in [3.8, 4) is 5.92 Å². The van der Waals surface area contributed by atoms with E-state index in [1.165, 1.54) is 0 Å². The highest BCUT2D eigenvalue weighted by Gasteiger charge is 1.57. The largest absolute Gasteiger partial charge is 0.0907 e. The molecule has 0 aliphatic heterocycles. The van der Waals surface area contributed by atoms with Gasteiger partial charge in [-0.3, -0.25) is 0 Å². The van der Waals surface area contributed by atoms with E-state index in [4.69, 9.17) is 6.42 Å². The van der Waals surface area contributed by atoms with Crippen molar-refractivity contribution >= 4 is 0 Å². The molecule has 0 N–H and O–H groups in total. The summed E-state index contributed by atoms with van der Waals surface area (Å²) >= 11 is 0. The third-order valence-electron chi connectivity index (χ3n) is 0.456. The Labute approximate surface area is 38.9 Å². The highest BCUT2D eigenvalue weighted by molar-refractivity contribution is 4.90. The first-order valence-corrected chi connectivity index (χ1v) is 1.92. The van der Waals surface area contributed by atoms with Gasteiger partial charge in [0.15, 0.2) is 0 Å². The zero-order valence-corrected chi connectivity index (χ0v) is 3.86. The Morgan fingerprint density at radius 2 is 2.50 bits per heavy atom. The Morgan fingerprint density at radius 1 is 1.83 bits per heavy atom. The van der Waals surface area contributed by atoms with E-state index >= 15 is 0 Å². The summed E-state index contributed by atoms with van der Waals surface area (Å²) in [4.78, 5) is 0. The van der Waals surface area contributed by atoms with Crippen molar-refractivity contribution in [1.82, 2.24) is 0 Å². The van der Waals surface area contributed by atoms with Crippen LogP contribution in [0.5, 0.6) is 0 Å². The van der Waals surface area contributed by atoms with Crippen LogP contribution in [0.1, 0.15) is 13.3 Å². The molecule has 0 saturated heterocycles. The predicted octanol–water partition coefficient (Wildman–Crippen LogP) is 1.54. The van der Waals surface area contributed by atoms with Crippen molar-refractivity contribution in [3.63, 3.8) is 0 Å². The molecule has 0 heteroatoms. The summed E-state index contributed by atoms with van der Waals surface area (Å²) in [7, 11) is 0. The van der Waals surface area contributed by atoms with Gasteiger partial charge in [-0.05, 0) is 13.3 Å². The van der Waals surface area contributed by atoms with Crippen molar-refractivity contribution in [2.24, 2.45) is 0 Å². The van der Waals surface area contributed by atoms with Gasteiger partial charge in [0.1, 0.15) is 0 Å².